The van der Waals surface area contributed by atoms with Gasteiger partial charge in [-0.2, -0.15) is 0 Å². The topological polar surface area (TPSA) is 24.9 Å². The number of aromatic nitrogens is 1. The fraction of sp³-hybridized carbons (Fsp3) is 0.0625. The van der Waals surface area contributed by atoms with Crippen molar-refractivity contribution in [2.45, 2.75) is 6.92 Å². The van der Waals surface area contributed by atoms with Crippen LogP contribution in [0.25, 0.3) is 11.3 Å². The number of para-hydroxylation sites is 1. The van der Waals surface area contributed by atoms with E-state index >= 15 is 0 Å². The number of thiazole rings is 1. The number of nitrogens with zero attached hydrogens (tertiary/aromatic N) is 1. The van der Waals surface area contributed by atoms with Crippen molar-refractivity contribution < 1.29 is 4.39 Å². The molecule has 3 rings (SSSR count). The highest BCUT2D eigenvalue weighted by atomic mass is 32.1. The minimum absolute atomic E-state index is 0.234. The van der Waals surface area contributed by atoms with Crippen LogP contribution in [0.3, 0.4) is 0 Å². The first-order valence-electron chi connectivity index (χ1n) is 6.26. The zero-order chi connectivity index (χ0) is 13.9. The van der Waals surface area contributed by atoms with Crippen molar-refractivity contribution >= 4 is 22.2 Å². The summed E-state index contributed by atoms with van der Waals surface area (Å²) in [6.45, 7) is 2.05. The summed E-state index contributed by atoms with van der Waals surface area (Å²) in [6, 6.07) is 14.4. The highest BCUT2D eigenvalue weighted by Crippen LogP contribution is 2.28. The maximum absolute atomic E-state index is 12.9. The van der Waals surface area contributed by atoms with E-state index < -0.39 is 0 Å². The van der Waals surface area contributed by atoms with Gasteiger partial charge in [0, 0.05) is 16.6 Å². The van der Waals surface area contributed by atoms with E-state index in [1.807, 2.05) is 23.6 Å². The van der Waals surface area contributed by atoms with Gasteiger partial charge in [0.2, 0.25) is 0 Å². The zero-order valence-corrected chi connectivity index (χ0v) is 11.7. The third-order valence-electron chi connectivity index (χ3n) is 3.03. The summed E-state index contributed by atoms with van der Waals surface area (Å²) in [5, 5.41) is 6.11. The van der Waals surface area contributed by atoms with E-state index in [2.05, 4.69) is 23.3 Å². The van der Waals surface area contributed by atoms with E-state index in [1.54, 1.807) is 12.1 Å². The largest absolute Gasteiger partial charge is 0.331 e. The molecule has 0 aliphatic heterocycles. The summed E-state index contributed by atoms with van der Waals surface area (Å²) in [6.07, 6.45) is 0. The Kier molecular flexibility index (Phi) is 3.48. The van der Waals surface area contributed by atoms with E-state index in [4.69, 9.17) is 0 Å². The molecule has 1 N–H and O–H groups in total. The molecule has 2 nitrogen and oxygen atoms in total. The molecule has 100 valence electrons. The van der Waals surface area contributed by atoms with E-state index in [0.29, 0.717) is 0 Å². The zero-order valence-electron chi connectivity index (χ0n) is 10.9. The summed E-state index contributed by atoms with van der Waals surface area (Å²) in [5.41, 5.74) is 3.99. The van der Waals surface area contributed by atoms with Gasteiger partial charge in [0.1, 0.15) is 5.82 Å². The van der Waals surface area contributed by atoms with Gasteiger partial charge in [-0.3, -0.25) is 0 Å². The van der Waals surface area contributed by atoms with Crippen LogP contribution < -0.4 is 5.32 Å². The second-order valence-corrected chi connectivity index (χ2v) is 5.34. The summed E-state index contributed by atoms with van der Waals surface area (Å²) < 4.78 is 12.9. The van der Waals surface area contributed by atoms with Crippen LogP contribution in [0.2, 0.25) is 0 Å². The molecule has 0 unspecified atom stereocenters. The average molecular weight is 284 g/mol. The lowest BCUT2D eigenvalue weighted by Gasteiger charge is -2.05. The number of hydrogen-bond donors (Lipinski definition) is 1. The van der Waals surface area contributed by atoms with Gasteiger partial charge < -0.3 is 5.32 Å². The lowest BCUT2D eigenvalue weighted by atomic mass is 10.2. The van der Waals surface area contributed by atoms with Gasteiger partial charge in [0.15, 0.2) is 5.13 Å². The maximum Gasteiger partial charge on any atom is 0.187 e. The number of benzene rings is 2. The molecule has 0 aliphatic carbocycles. The number of nitrogens with one attached hydrogen (secondary N) is 1. The molecular formula is C16H13FN2S. The summed E-state index contributed by atoms with van der Waals surface area (Å²) in [4.78, 5) is 4.53. The van der Waals surface area contributed by atoms with Crippen LogP contribution in [-0.2, 0) is 0 Å². The predicted octanol–water partition coefficient (Wildman–Crippen LogP) is 5.00. The Bertz CT molecular complexity index is 719. The van der Waals surface area contributed by atoms with Crippen LogP contribution >= 0.6 is 11.3 Å². The Hall–Kier alpha value is -2.20. The molecule has 0 atom stereocenters. The Morgan fingerprint density at radius 2 is 1.80 bits per heavy atom. The summed E-state index contributed by atoms with van der Waals surface area (Å²) in [7, 11) is 0. The molecule has 20 heavy (non-hydrogen) atoms. The standard InChI is InChI=1S/C16H13FN2S/c1-11-4-2-3-5-14(11)18-16-19-15(10-20-16)12-6-8-13(17)9-7-12/h2-10H,1H3,(H,18,19). The molecule has 2 aromatic carbocycles. The molecule has 3 aromatic rings. The van der Waals surface area contributed by atoms with Crippen molar-refractivity contribution in [3.63, 3.8) is 0 Å². The number of hydrogen-bond acceptors (Lipinski definition) is 3. The normalized spacial score (nSPS) is 10.5. The smallest absolute Gasteiger partial charge is 0.187 e. The van der Waals surface area contributed by atoms with E-state index in [0.717, 1.165) is 22.1 Å². The maximum atomic E-state index is 12.9. The van der Waals surface area contributed by atoms with E-state index in [1.165, 1.54) is 29.0 Å². The molecule has 0 spiro atoms. The van der Waals surface area contributed by atoms with Crippen molar-refractivity contribution in [2.75, 3.05) is 5.32 Å². The highest BCUT2D eigenvalue weighted by Gasteiger charge is 2.06. The van der Waals surface area contributed by atoms with Gasteiger partial charge in [0.25, 0.3) is 0 Å². The Labute approximate surface area is 120 Å². The van der Waals surface area contributed by atoms with E-state index in [-0.39, 0.29) is 5.82 Å². The molecule has 0 radical (unpaired) electrons. The van der Waals surface area contributed by atoms with Crippen molar-refractivity contribution in [2.24, 2.45) is 0 Å². The van der Waals surface area contributed by atoms with Crippen LogP contribution in [-0.4, -0.2) is 4.98 Å². The summed E-state index contributed by atoms with van der Waals surface area (Å²) in [5.74, 6) is -0.234. The molecule has 4 heteroatoms. The SMILES string of the molecule is Cc1ccccc1Nc1nc(-c2ccc(F)cc2)cs1. The lowest BCUT2D eigenvalue weighted by Crippen LogP contribution is -1.92. The molecule has 0 amide bonds. The first-order valence-corrected chi connectivity index (χ1v) is 7.14. The first kappa shape index (κ1) is 12.8. The van der Waals surface area contributed by atoms with Gasteiger partial charge in [0.05, 0.1) is 5.69 Å². The Balaban J connectivity index is 1.84. The lowest BCUT2D eigenvalue weighted by molar-refractivity contribution is 0.628. The van der Waals surface area contributed by atoms with Gasteiger partial charge in [-0.25, -0.2) is 9.37 Å². The van der Waals surface area contributed by atoms with Gasteiger partial charge in [-0.15, -0.1) is 11.3 Å². The molecule has 0 bridgehead atoms. The fourth-order valence-corrected chi connectivity index (χ4v) is 2.64. The van der Waals surface area contributed by atoms with Crippen LogP contribution in [0, 0.1) is 12.7 Å². The monoisotopic (exact) mass is 284 g/mol. The predicted molar refractivity (Wildman–Crippen MR) is 82.0 cm³/mol. The van der Waals surface area contributed by atoms with Crippen LogP contribution in [0.15, 0.2) is 53.9 Å². The van der Waals surface area contributed by atoms with Crippen LogP contribution in [0.1, 0.15) is 5.56 Å². The second kappa shape index (κ2) is 5.43. The van der Waals surface area contributed by atoms with E-state index in [9.17, 15) is 4.39 Å². The van der Waals surface area contributed by atoms with Crippen LogP contribution in [0.5, 0.6) is 0 Å². The van der Waals surface area contributed by atoms with Crippen LogP contribution in [0.4, 0.5) is 15.2 Å². The second-order valence-electron chi connectivity index (χ2n) is 4.48. The Morgan fingerprint density at radius 3 is 2.55 bits per heavy atom. The quantitative estimate of drug-likeness (QED) is 0.732. The number of rotatable bonds is 3. The molecule has 1 heterocycles. The molecule has 0 saturated heterocycles. The van der Waals surface area contributed by atoms with Crippen molar-refractivity contribution in [1.29, 1.82) is 0 Å². The Morgan fingerprint density at radius 1 is 1.05 bits per heavy atom. The number of aryl methyl sites for hydroxylation is 1. The molecule has 0 fully saturated rings. The third-order valence-corrected chi connectivity index (χ3v) is 3.79. The van der Waals surface area contributed by atoms with Gasteiger partial charge in [-0.05, 0) is 42.8 Å². The van der Waals surface area contributed by atoms with Gasteiger partial charge in [-0.1, -0.05) is 18.2 Å². The highest BCUT2D eigenvalue weighted by molar-refractivity contribution is 7.14. The summed E-state index contributed by atoms with van der Waals surface area (Å²) >= 11 is 1.54. The molecule has 1 aromatic heterocycles. The van der Waals surface area contributed by atoms with Crippen molar-refractivity contribution in [1.82, 2.24) is 4.98 Å². The third kappa shape index (κ3) is 2.70. The molecule has 0 saturated carbocycles. The molecular weight excluding hydrogens is 271 g/mol. The molecule has 0 aliphatic rings. The number of anilines is 2. The first-order chi connectivity index (χ1) is 9.72. The minimum atomic E-state index is -0.234. The van der Waals surface area contributed by atoms with Crippen molar-refractivity contribution in [3.8, 4) is 11.3 Å². The van der Waals surface area contributed by atoms with Gasteiger partial charge >= 0.3 is 0 Å². The fourth-order valence-electron chi connectivity index (χ4n) is 1.91. The average Bonchev–Trinajstić information content (AvgIpc) is 2.91. The number of halogens is 1. The van der Waals surface area contributed by atoms with Crippen molar-refractivity contribution in [3.05, 3.63) is 65.3 Å². The minimum Gasteiger partial charge on any atom is -0.331 e.